The molecule has 0 amide bonds. The first-order chi connectivity index (χ1) is 8.04. The second kappa shape index (κ2) is 4.77. The highest BCUT2D eigenvalue weighted by molar-refractivity contribution is 7.93. The van der Waals surface area contributed by atoms with Crippen LogP contribution in [0, 0.1) is 15.5 Å². The van der Waals surface area contributed by atoms with Crippen LogP contribution in [0.5, 0.6) is 0 Å². The number of rotatable bonds is 4. The molecule has 0 bridgehead atoms. The Bertz CT molecular complexity index is 580. The normalized spacial score (nSPS) is 12.4. The molecule has 0 saturated carbocycles. The first-order valence-corrected chi connectivity index (χ1v) is 7.50. The summed E-state index contributed by atoms with van der Waals surface area (Å²) in [5.41, 5.74) is -0.616. The van der Waals surface area contributed by atoms with Gasteiger partial charge in [-0.25, -0.2) is 8.42 Å². The number of carbonyl (C=O) groups excluding carboxylic acids is 1. The molecule has 100 valence electrons. The molecule has 0 aliphatic carbocycles. The van der Waals surface area contributed by atoms with Crippen molar-refractivity contribution in [2.45, 2.75) is 25.0 Å². The van der Waals surface area contributed by atoms with Crippen molar-refractivity contribution in [3.63, 3.8) is 0 Å². The van der Waals surface area contributed by atoms with Crippen molar-refractivity contribution in [1.29, 1.82) is 0 Å². The highest BCUT2D eigenvalue weighted by Crippen LogP contribution is 2.28. The molecule has 1 heterocycles. The van der Waals surface area contributed by atoms with Crippen molar-refractivity contribution < 1.29 is 18.1 Å². The molecule has 0 fully saturated rings. The second-order valence-electron chi connectivity index (χ2n) is 4.77. The fraction of sp³-hybridized carbons (Fsp3) is 0.500. The Kier molecular flexibility index (Phi) is 3.92. The Morgan fingerprint density at radius 1 is 1.39 bits per heavy atom. The van der Waals surface area contributed by atoms with Gasteiger partial charge in [0.15, 0.2) is 5.78 Å². The number of carbonyl (C=O) groups is 1. The average Bonchev–Trinajstić information content (AvgIpc) is 2.61. The van der Waals surface area contributed by atoms with Crippen molar-refractivity contribution >= 4 is 27.0 Å². The molecule has 0 atom stereocenters. The minimum absolute atomic E-state index is 0.146. The molecule has 1 rings (SSSR count). The predicted molar refractivity (Wildman–Crippen MR) is 67.2 cm³/mol. The SMILES string of the molecule is CC(C)(C)C(=O)c1ccc(S(=O)(=O)C[N+](=O)[O-])s1. The molecule has 0 aliphatic rings. The highest BCUT2D eigenvalue weighted by atomic mass is 32.2. The third-order valence-electron chi connectivity index (χ3n) is 2.07. The molecule has 0 unspecified atom stereocenters. The summed E-state index contributed by atoms with van der Waals surface area (Å²) in [5, 5.41) is 10.3. The Morgan fingerprint density at radius 2 is 1.94 bits per heavy atom. The van der Waals surface area contributed by atoms with Crippen molar-refractivity contribution in [3.05, 3.63) is 27.1 Å². The molecule has 6 nitrogen and oxygen atoms in total. The first-order valence-electron chi connectivity index (χ1n) is 5.03. The Morgan fingerprint density at radius 3 is 2.39 bits per heavy atom. The summed E-state index contributed by atoms with van der Waals surface area (Å²) in [4.78, 5) is 21.6. The number of hydrogen-bond acceptors (Lipinski definition) is 6. The maximum atomic E-state index is 11.9. The highest BCUT2D eigenvalue weighted by Gasteiger charge is 2.28. The molecule has 8 heteroatoms. The summed E-state index contributed by atoms with van der Waals surface area (Å²) < 4.78 is 23.0. The van der Waals surface area contributed by atoms with Crippen LogP contribution in [0.1, 0.15) is 30.4 Å². The van der Waals surface area contributed by atoms with Gasteiger partial charge in [0.05, 0.1) is 4.88 Å². The van der Waals surface area contributed by atoms with Crippen LogP contribution in [0.25, 0.3) is 0 Å². The van der Waals surface area contributed by atoms with E-state index in [-0.39, 0.29) is 9.99 Å². The summed E-state index contributed by atoms with van der Waals surface area (Å²) in [5.74, 6) is -1.34. The summed E-state index contributed by atoms with van der Waals surface area (Å²) in [6.45, 7) is 5.17. The summed E-state index contributed by atoms with van der Waals surface area (Å²) in [6, 6.07) is 2.63. The summed E-state index contributed by atoms with van der Waals surface area (Å²) in [6.07, 6.45) is 0. The Hall–Kier alpha value is -1.28. The summed E-state index contributed by atoms with van der Waals surface area (Å²) in [7, 11) is -3.95. The third kappa shape index (κ3) is 3.36. The number of Topliss-reactive ketones (excluding diaryl/α,β-unsaturated/α-hetero) is 1. The van der Waals surface area contributed by atoms with Gasteiger partial charge in [-0.1, -0.05) is 20.8 Å². The fourth-order valence-electron chi connectivity index (χ4n) is 1.18. The molecule has 0 spiro atoms. The zero-order valence-corrected chi connectivity index (χ0v) is 11.8. The van der Waals surface area contributed by atoms with Gasteiger partial charge in [-0.2, -0.15) is 0 Å². The van der Waals surface area contributed by atoms with Crippen LogP contribution in [0.2, 0.25) is 0 Å². The van der Waals surface area contributed by atoms with Crippen molar-refractivity contribution in [1.82, 2.24) is 0 Å². The van der Waals surface area contributed by atoms with Gasteiger partial charge in [0, 0.05) is 10.3 Å². The van der Waals surface area contributed by atoms with Crippen LogP contribution in [-0.4, -0.2) is 25.0 Å². The Labute approximate surface area is 109 Å². The van der Waals surface area contributed by atoms with E-state index in [1.165, 1.54) is 12.1 Å². The van der Waals surface area contributed by atoms with Gasteiger partial charge in [0.1, 0.15) is 4.21 Å². The van der Waals surface area contributed by atoms with Crippen LogP contribution in [0.4, 0.5) is 0 Å². The molecule has 0 aromatic carbocycles. The number of nitrogens with zero attached hydrogens (tertiary/aromatic N) is 1. The van der Waals surface area contributed by atoms with E-state index in [2.05, 4.69) is 0 Å². The lowest BCUT2D eigenvalue weighted by molar-refractivity contribution is -0.458. The van der Waals surface area contributed by atoms with Gasteiger partial charge in [-0.05, 0) is 12.1 Å². The lowest BCUT2D eigenvalue weighted by Crippen LogP contribution is -2.18. The molecular weight excluding hydrogens is 278 g/mol. The second-order valence-corrected chi connectivity index (χ2v) is 8.04. The third-order valence-corrected chi connectivity index (χ3v) is 5.26. The molecule has 0 radical (unpaired) electrons. The van der Waals surface area contributed by atoms with E-state index in [1.54, 1.807) is 20.8 Å². The quantitative estimate of drug-likeness (QED) is 0.480. The maximum Gasteiger partial charge on any atom is 0.306 e. The average molecular weight is 291 g/mol. The van der Waals surface area contributed by atoms with E-state index < -0.39 is 26.1 Å². The van der Waals surface area contributed by atoms with Gasteiger partial charge < -0.3 is 0 Å². The molecule has 18 heavy (non-hydrogen) atoms. The van der Waals surface area contributed by atoms with E-state index in [0.717, 1.165) is 11.3 Å². The number of nitro groups is 1. The van der Waals surface area contributed by atoms with Gasteiger partial charge in [-0.15, -0.1) is 11.3 Å². The zero-order valence-electron chi connectivity index (χ0n) is 10.2. The number of thiophene rings is 1. The number of ketones is 1. The minimum atomic E-state index is -3.95. The van der Waals surface area contributed by atoms with E-state index in [4.69, 9.17) is 0 Å². The van der Waals surface area contributed by atoms with Crippen LogP contribution in [0.15, 0.2) is 16.3 Å². The lowest BCUT2D eigenvalue weighted by atomic mass is 9.90. The van der Waals surface area contributed by atoms with Gasteiger partial charge in [0.2, 0.25) is 0 Å². The summed E-state index contributed by atoms with van der Waals surface area (Å²) >= 11 is 0.775. The largest absolute Gasteiger partial charge is 0.306 e. The van der Waals surface area contributed by atoms with E-state index in [9.17, 15) is 23.3 Å². The van der Waals surface area contributed by atoms with E-state index >= 15 is 0 Å². The fourth-order valence-corrected chi connectivity index (χ4v) is 3.68. The maximum absolute atomic E-state index is 11.9. The van der Waals surface area contributed by atoms with Gasteiger partial charge >= 0.3 is 5.88 Å². The topological polar surface area (TPSA) is 94.3 Å². The van der Waals surface area contributed by atoms with Gasteiger partial charge in [0.25, 0.3) is 9.84 Å². The zero-order chi connectivity index (χ0) is 14.1. The van der Waals surface area contributed by atoms with Gasteiger partial charge in [-0.3, -0.25) is 14.9 Å². The van der Waals surface area contributed by atoms with Crippen LogP contribution in [0.3, 0.4) is 0 Å². The Balaban J connectivity index is 3.08. The standard InChI is InChI=1S/C10H13NO5S2/c1-10(2,3)9(12)7-4-5-8(17-7)18(15,16)6-11(13)14/h4-5H,6H2,1-3H3. The van der Waals surface area contributed by atoms with Crippen LogP contribution >= 0.6 is 11.3 Å². The number of hydrogen-bond donors (Lipinski definition) is 0. The van der Waals surface area contributed by atoms with Crippen molar-refractivity contribution in [3.8, 4) is 0 Å². The molecule has 0 N–H and O–H groups in total. The first kappa shape index (κ1) is 14.8. The van der Waals surface area contributed by atoms with E-state index in [0.29, 0.717) is 4.88 Å². The monoisotopic (exact) mass is 291 g/mol. The number of sulfone groups is 1. The minimum Gasteiger partial charge on any atom is -0.293 e. The van der Waals surface area contributed by atoms with Crippen LogP contribution in [-0.2, 0) is 9.84 Å². The molecule has 1 aromatic rings. The van der Waals surface area contributed by atoms with Crippen molar-refractivity contribution in [2.24, 2.45) is 5.41 Å². The molecular formula is C10H13NO5S2. The molecule has 0 saturated heterocycles. The van der Waals surface area contributed by atoms with E-state index in [1.807, 2.05) is 0 Å². The smallest absolute Gasteiger partial charge is 0.293 e. The predicted octanol–water partition coefficient (Wildman–Crippen LogP) is 1.98. The lowest BCUT2D eigenvalue weighted by Gasteiger charge is -2.14. The van der Waals surface area contributed by atoms with Crippen LogP contribution < -0.4 is 0 Å². The molecule has 1 aromatic heterocycles. The van der Waals surface area contributed by atoms with Crippen molar-refractivity contribution in [2.75, 3.05) is 5.88 Å². The molecule has 0 aliphatic heterocycles.